The number of imidazole rings is 2. The maximum atomic E-state index is 5.19. The number of fused-ring (bicyclic) bond motifs is 2. The lowest BCUT2D eigenvalue weighted by atomic mass is 9.80. The standard InChI is InChI=1S/C32H42N4/c1-21-33-26-15-13-24(19-28(26)35(21)20-22-10-11-22)32(5,6)17-16-30-34-27-14-12-23(31(2,3)4)18-29(27)36(30)25-8-7-9-25/h12-15,18-19,22,25H,7-11,16-17,20H2,1-6H3. The van der Waals surface area contributed by atoms with E-state index in [1.165, 1.54) is 60.1 Å². The van der Waals surface area contributed by atoms with Gasteiger partial charge in [0.15, 0.2) is 0 Å². The van der Waals surface area contributed by atoms with Crippen LogP contribution in [0.25, 0.3) is 22.1 Å². The van der Waals surface area contributed by atoms with E-state index in [2.05, 4.69) is 87.1 Å². The summed E-state index contributed by atoms with van der Waals surface area (Å²) < 4.78 is 5.05. The molecule has 2 heterocycles. The van der Waals surface area contributed by atoms with Crippen LogP contribution in [0.3, 0.4) is 0 Å². The van der Waals surface area contributed by atoms with E-state index in [4.69, 9.17) is 9.97 Å². The summed E-state index contributed by atoms with van der Waals surface area (Å²) in [6, 6.07) is 14.5. The fraction of sp³-hybridized carbons (Fsp3) is 0.562. The van der Waals surface area contributed by atoms with Crippen molar-refractivity contribution in [3.8, 4) is 0 Å². The van der Waals surface area contributed by atoms with Crippen LogP contribution in [-0.2, 0) is 23.8 Å². The van der Waals surface area contributed by atoms with Crippen LogP contribution >= 0.6 is 0 Å². The van der Waals surface area contributed by atoms with Gasteiger partial charge in [0.1, 0.15) is 11.6 Å². The summed E-state index contributed by atoms with van der Waals surface area (Å²) in [6.07, 6.45) is 8.71. The van der Waals surface area contributed by atoms with Crippen molar-refractivity contribution in [2.75, 3.05) is 0 Å². The summed E-state index contributed by atoms with van der Waals surface area (Å²) in [7, 11) is 0. The molecule has 0 radical (unpaired) electrons. The molecule has 0 unspecified atom stereocenters. The van der Waals surface area contributed by atoms with Gasteiger partial charge in [-0.2, -0.15) is 0 Å². The summed E-state index contributed by atoms with van der Waals surface area (Å²) in [5.41, 5.74) is 7.95. The number of aryl methyl sites for hydroxylation is 2. The second-order valence-corrected chi connectivity index (χ2v) is 13.2. The predicted octanol–water partition coefficient (Wildman–Crippen LogP) is 8.04. The van der Waals surface area contributed by atoms with Gasteiger partial charge in [-0.3, -0.25) is 0 Å². The zero-order chi connectivity index (χ0) is 25.2. The highest BCUT2D eigenvalue weighted by Gasteiger charge is 2.29. The SMILES string of the molecule is Cc1nc2ccc(C(C)(C)CCc3nc4ccc(C(C)(C)C)cc4n3C3CCC3)cc2n1CC1CC1. The number of aromatic nitrogens is 4. The van der Waals surface area contributed by atoms with Crippen LogP contribution < -0.4 is 0 Å². The van der Waals surface area contributed by atoms with E-state index in [0.717, 1.165) is 42.2 Å². The van der Waals surface area contributed by atoms with Gasteiger partial charge in [0.2, 0.25) is 0 Å². The van der Waals surface area contributed by atoms with Gasteiger partial charge in [-0.15, -0.1) is 0 Å². The molecule has 2 aromatic carbocycles. The monoisotopic (exact) mass is 482 g/mol. The Labute approximate surface area is 216 Å². The van der Waals surface area contributed by atoms with Gasteiger partial charge in [0.05, 0.1) is 22.1 Å². The summed E-state index contributed by atoms with van der Waals surface area (Å²) in [6.45, 7) is 15.0. The van der Waals surface area contributed by atoms with E-state index < -0.39 is 0 Å². The molecule has 0 spiro atoms. The fourth-order valence-electron chi connectivity index (χ4n) is 5.86. The molecule has 2 saturated carbocycles. The van der Waals surface area contributed by atoms with Gasteiger partial charge in [0, 0.05) is 19.0 Å². The molecule has 6 rings (SSSR count). The Morgan fingerprint density at radius 3 is 2.14 bits per heavy atom. The van der Waals surface area contributed by atoms with Gasteiger partial charge in [-0.1, -0.05) is 46.8 Å². The first kappa shape index (κ1) is 23.8. The molecule has 4 aromatic rings. The fourth-order valence-corrected chi connectivity index (χ4v) is 5.86. The molecule has 0 bridgehead atoms. The molecular weight excluding hydrogens is 440 g/mol. The molecule has 4 heteroatoms. The maximum Gasteiger partial charge on any atom is 0.110 e. The van der Waals surface area contributed by atoms with Gasteiger partial charge in [0.25, 0.3) is 0 Å². The molecule has 2 aliphatic carbocycles. The minimum absolute atomic E-state index is 0.0654. The molecular formula is C32H42N4. The lowest BCUT2D eigenvalue weighted by molar-refractivity contribution is 0.310. The lowest BCUT2D eigenvalue weighted by Crippen LogP contribution is -2.22. The Bertz CT molecular complexity index is 1420. The van der Waals surface area contributed by atoms with E-state index in [1.54, 1.807) is 0 Å². The molecule has 4 nitrogen and oxygen atoms in total. The highest BCUT2D eigenvalue weighted by molar-refractivity contribution is 5.78. The summed E-state index contributed by atoms with van der Waals surface area (Å²) >= 11 is 0. The quantitative estimate of drug-likeness (QED) is 0.267. The molecule has 0 saturated heterocycles. The Morgan fingerprint density at radius 1 is 0.833 bits per heavy atom. The van der Waals surface area contributed by atoms with Crippen molar-refractivity contribution in [2.45, 2.75) is 110 Å². The first-order valence-corrected chi connectivity index (χ1v) is 14.1. The van der Waals surface area contributed by atoms with Crippen molar-refractivity contribution >= 4 is 22.1 Å². The van der Waals surface area contributed by atoms with E-state index in [0.29, 0.717) is 6.04 Å². The van der Waals surface area contributed by atoms with Crippen LogP contribution in [0.5, 0.6) is 0 Å². The molecule has 0 N–H and O–H groups in total. The third-order valence-electron chi connectivity index (χ3n) is 8.90. The predicted molar refractivity (Wildman–Crippen MR) is 150 cm³/mol. The molecule has 0 amide bonds. The molecule has 0 atom stereocenters. The number of hydrogen-bond donors (Lipinski definition) is 0. The molecule has 0 aliphatic heterocycles. The minimum atomic E-state index is 0.0654. The van der Waals surface area contributed by atoms with Gasteiger partial charge in [-0.05, 0) is 97.6 Å². The first-order valence-electron chi connectivity index (χ1n) is 14.1. The largest absolute Gasteiger partial charge is 0.328 e. The second kappa shape index (κ2) is 8.46. The van der Waals surface area contributed by atoms with Crippen LogP contribution in [-0.4, -0.2) is 19.1 Å². The Kier molecular flexibility index (Phi) is 5.59. The summed E-state index contributed by atoms with van der Waals surface area (Å²) in [5.74, 6) is 3.26. The normalized spacial score (nSPS) is 17.3. The van der Waals surface area contributed by atoms with Crippen molar-refractivity contribution in [3.63, 3.8) is 0 Å². The highest BCUT2D eigenvalue weighted by Crippen LogP contribution is 2.39. The Morgan fingerprint density at radius 2 is 1.50 bits per heavy atom. The lowest BCUT2D eigenvalue weighted by Gasteiger charge is -2.31. The smallest absolute Gasteiger partial charge is 0.110 e. The average molecular weight is 483 g/mol. The highest BCUT2D eigenvalue weighted by atomic mass is 15.1. The van der Waals surface area contributed by atoms with Gasteiger partial charge < -0.3 is 9.13 Å². The number of benzene rings is 2. The zero-order valence-corrected chi connectivity index (χ0v) is 23.1. The van der Waals surface area contributed by atoms with Crippen LogP contribution in [0, 0.1) is 12.8 Å². The van der Waals surface area contributed by atoms with Crippen molar-refractivity contribution in [3.05, 3.63) is 59.2 Å². The minimum Gasteiger partial charge on any atom is -0.328 e. The van der Waals surface area contributed by atoms with E-state index in [9.17, 15) is 0 Å². The van der Waals surface area contributed by atoms with Crippen molar-refractivity contribution in [1.82, 2.24) is 19.1 Å². The average Bonchev–Trinajstić information content (AvgIpc) is 3.47. The number of rotatable bonds is 7. The second-order valence-electron chi connectivity index (χ2n) is 13.2. The summed E-state index contributed by atoms with van der Waals surface area (Å²) in [5, 5.41) is 0. The number of nitrogens with zero attached hydrogens (tertiary/aromatic N) is 4. The molecule has 190 valence electrons. The number of hydrogen-bond acceptors (Lipinski definition) is 2. The Hall–Kier alpha value is -2.62. The van der Waals surface area contributed by atoms with Crippen molar-refractivity contribution < 1.29 is 0 Å². The van der Waals surface area contributed by atoms with Crippen molar-refractivity contribution in [1.29, 1.82) is 0 Å². The summed E-state index contributed by atoms with van der Waals surface area (Å²) in [4.78, 5) is 10.0. The first-order chi connectivity index (χ1) is 17.1. The van der Waals surface area contributed by atoms with Crippen LogP contribution in [0.1, 0.15) is 102 Å². The molecule has 2 fully saturated rings. The third kappa shape index (κ3) is 4.27. The molecule has 2 aromatic heterocycles. The topological polar surface area (TPSA) is 35.6 Å². The van der Waals surface area contributed by atoms with E-state index in [1.807, 2.05) is 0 Å². The zero-order valence-electron chi connectivity index (χ0n) is 23.1. The van der Waals surface area contributed by atoms with Crippen LogP contribution in [0.4, 0.5) is 0 Å². The maximum absolute atomic E-state index is 5.19. The van der Waals surface area contributed by atoms with E-state index in [-0.39, 0.29) is 10.8 Å². The van der Waals surface area contributed by atoms with Crippen molar-refractivity contribution in [2.24, 2.45) is 5.92 Å². The van der Waals surface area contributed by atoms with Gasteiger partial charge in [-0.25, -0.2) is 9.97 Å². The third-order valence-corrected chi connectivity index (χ3v) is 8.90. The molecule has 36 heavy (non-hydrogen) atoms. The Balaban J connectivity index is 1.31. The van der Waals surface area contributed by atoms with Gasteiger partial charge >= 0.3 is 0 Å². The molecule has 2 aliphatic rings. The van der Waals surface area contributed by atoms with Crippen LogP contribution in [0.15, 0.2) is 36.4 Å². The van der Waals surface area contributed by atoms with Crippen LogP contribution in [0.2, 0.25) is 0 Å². The van der Waals surface area contributed by atoms with E-state index >= 15 is 0 Å².